The minimum Gasteiger partial charge on any atom is -0.495 e. The quantitative estimate of drug-likeness (QED) is 0.895. The Bertz CT molecular complexity index is 534. The number of β-amino-alcohol motifs (C(OH)–C–C–N with tert-alkyl or cyclic N) is 1. The van der Waals surface area contributed by atoms with E-state index in [0.717, 1.165) is 51.3 Å². The lowest BCUT2D eigenvalue weighted by Gasteiger charge is -2.33. The number of halogens is 1. The Hall–Kier alpha value is -0.810. The van der Waals surface area contributed by atoms with E-state index < -0.39 is 5.60 Å². The Balaban J connectivity index is 1.55. The van der Waals surface area contributed by atoms with E-state index in [9.17, 15) is 5.11 Å². The fraction of sp³-hybridized carbons (Fsp3) is 0.667. The summed E-state index contributed by atoms with van der Waals surface area (Å²) < 4.78 is 5.20. The van der Waals surface area contributed by atoms with Crippen molar-refractivity contribution >= 4 is 11.6 Å². The predicted octanol–water partition coefficient (Wildman–Crippen LogP) is 2.77. The molecule has 2 fully saturated rings. The third kappa shape index (κ3) is 4.38. The van der Waals surface area contributed by atoms with E-state index in [0.29, 0.717) is 10.8 Å². The summed E-state index contributed by atoms with van der Waals surface area (Å²) in [4.78, 5) is 4.75. The van der Waals surface area contributed by atoms with Crippen molar-refractivity contribution in [3.05, 3.63) is 28.8 Å². The molecule has 1 atom stereocenters. The first-order chi connectivity index (χ1) is 11.1. The Morgan fingerprint density at radius 2 is 1.96 bits per heavy atom. The van der Waals surface area contributed by atoms with Crippen molar-refractivity contribution in [3.8, 4) is 5.75 Å². The largest absolute Gasteiger partial charge is 0.495 e. The van der Waals surface area contributed by atoms with Crippen LogP contribution in [0.5, 0.6) is 5.75 Å². The minimum atomic E-state index is -0.562. The van der Waals surface area contributed by atoms with Gasteiger partial charge in [-0.2, -0.15) is 0 Å². The number of hydrogen-bond donors (Lipinski definition) is 1. The number of ether oxygens (including phenoxy) is 1. The van der Waals surface area contributed by atoms with Crippen LogP contribution < -0.4 is 4.74 Å². The number of piperidine rings is 1. The van der Waals surface area contributed by atoms with Crippen LogP contribution in [0.25, 0.3) is 0 Å². The third-order valence-corrected chi connectivity index (χ3v) is 5.30. The smallest absolute Gasteiger partial charge is 0.137 e. The molecule has 128 valence electrons. The lowest BCUT2D eigenvalue weighted by atomic mass is 10.0. The van der Waals surface area contributed by atoms with E-state index >= 15 is 0 Å². The third-order valence-electron chi connectivity index (χ3n) is 5.00. The van der Waals surface area contributed by atoms with Crippen LogP contribution in [0.1, 0.15) is 31.2 Å². The predicted molar refractivity (Wildman–Crippen MR) is 93.1 cm³/mol. The number of nitrogens with zero attached hydrogens (tertiary/aromatic N) is 2. The molecule has 2 heterocycles. The Morgan fingerprint density at radius 1 is 1.17 bits per heavy atom. The summed E-state index contributed by atoms with van der Waals surface area (Å²) in [6, 6.07) is 5.92. The van der Waals surface area contributed by atoms with E-state index in [2.05, 4.69) is 9.80 Å². The van der Waals surface area contributed by atoms with Crippen LogP contribution in [0.2, 0.25) is 5.02 Å². The van der Waals surface area contributed by atoms with Gasteiger partial charge < -0.3 is 14.7 Å². The Morgan fingerprint density at radius 3 is 2.65 bits per heavy atom. The van der Waals surface area contributed by atoms with Crippen LogP contribution >= 0.6 is 11.6 Å². The second-order valence-electron chi connectivity index (χ2n) is 6.99. The fourth-order valence-electron chi connectivity index (χ4n) is 3.80. The molecule has 2 aliphatic rings. The molecule has 1 N–H and O–H groups in total. The molecule has 0 saturated carbocycles. The molecule has 1 aromatic rings. The van der Waals surface area contributed by atoms with Crippen molar-refractivity contribution in [2.75, 3.05) is 39.8 Å². The summed E-state index contributed by atoms with van der Waals surface area (Å²) in [5, 5.41) is 11.5. The molecule has 0 radical (unpaired) electrons. The summed E-state index contributed by atoms with van der Waals surface area (Å²) in [5.41, 5.74) is 0.603. The molecule has 0 aliphatic carbocycles. The molecular formula is C18H27ClN2O2. The summed E-state index contributed by atoms with van der Waals surface area (Å²) in [6.07, 6.45) is 4.72. The number of likely N-dealkylation sites (tertiary alicyclic amines) is 2. The second-order valence-corrected chi connectivity index (χ2v) is 7.40. The molecule has 0 bridgehead atoms. The highest BCUT2D eigenvalue weighted by Gasteiger charge is 2.37. The molecule has 1 aromatic carbocycles. The molecule has 3 rings (SSSR count). The molecule has 23 heavy (non-hydrogen) atoms. The van der Waals surface area contributed by atoms with Crippen LogP contribution in [-0.4, -0.2) is 60.3 Å². The van der Waals surface area contributed by atoms with Crippen LogP contribution in [0, 0.1) is 0 Å². The van der Waals surface area contributed by atoms with Crippen molar-refractivity contribution in [1.82, 2.24) is 9.80 Å². The van der Waals surface area contributed by atoms with E-state index in [1.165, 1.54) is 19.3 Å². The maximum atomic E-state index is 10.9. The summed E-state index contributed by atoms with van der Waals surface area (Å²) in [5.74, 6) is 0.707. The zero-order valence-electron chi connectivity index (χ0n) is 13.9. The van der Waals surface area contributed by atoms with Gasteiger partial charge in [-0.25, -0.2) is 0 Å². The van der Waals surface area contributed by atoms with Gasteiger partial charge in [0.2, 0.25) is 0 Å². The van der Waals surface area contributed by atoms with Gasteiger partial charge in [-0.3, -0.25) is 4.90 Å². The summed E-state index contributed by atoms with van der Waals surface area (Å²) >= 11 is 6.20. The molecule has 2 saturated heterocycles. The minimum absolute atomic E-state index is 0.562. The van der Waals surface area contributed by atoms with Gasteiger partial charge in [0.05, 0.1) is 17.7 Å². The van der Waals surface area contributed by atoms with Crippen molar-refractivity contribution in [2.24, 2.45) is 0 Å². The topological polar surface area (TPSA) is 35.9 Å². The maximum absolute atomic E-state index is 10.9. The van der Waals surface area contributed by atoms with E-state index in [-0.39, 0.29) is 0 Å². The summed E-state index contributed by atoms with van der Waals surface area (Å²) in [7, 11) is 1.63. The van der Waals surface area contributed by atoms with Crippen LogP contribution in [-0.2, 0) is 6.54 Å². The highest BCUT2D eigenvalue weighted by Crippen LogP contribution is 2.28. The van der Waals surface area contributed by atoms with Gasteiger partial charge >= 0.3 is 0 Å². The van der Waals surface area contributed by atoms with Crippen LogP contribution in [0.3, 0.4) is 0 Å². The van der Waals surface area contributed by atoms with Gasteiger partial charge in [0.1, 0.15) is 5.75 Å². The SMILES string of the molecule is COc1ccc(CN2CC[C@](O)(CN3CCCCC3)C2)cc1Cl. The van der Waals surface area contributed by atoms with Gasteiger partial charge in [0.25, 0.3) is 0 Å². The molecule has 4 nitrogen and oxygen atoms in total. The Labute approximate surface area is 144 Å². The average Bonchev–Trinajstić information content (AvgIpc) is 2.89. The molecule has 2 aliphatic heterocycles. The second kappa shape index (κ2) is 7.39. The van der Waals surface area contributed by atoms with E-state index in [4.69, 9.17) is 16.3 Å². The van der Waals surface area contributed by atoms with E-state index in [1.807, 2.05) is 18.2 Å². The standard InChI is InChI=1S/C18H27ClN2O2/c1-23-17-6-5-15(11-16(17)19)12-21-10-7-18(22,14-21)13-20-8-3-2-4-9-20/h5-6,11,22H,2-4,7-10,12-14H2,1H3/t18-/m0/s1. The lowest BCUT2D eigenvalue weighted by molar-refractivity contribution is 0.00635. The lowest BCUT2D eigenvalue weighted by Crippen LogP contribution is -2.46. The number of hydrogen-bond acceptors (Lipinski definition) is 4. The normalized spacial score (nSPS) is 26.6. The molecule has 0 amide bonds. The zero-order chi connectivity index (χ0) is 16.3. The first-order valence-corrected chi connectivity index (χ1v) is 8.95. The van der Waals surface area contributed by atoms with E-state index in [1.54, 1.807) is 7.11 Å². The van der Waals surface area contributed by atoms with Crippen molar-refractivity contribution in [1.29, 1.82) is 0 Å². The van der Waals surface area contributed by atoms with Gasteiger partial charge in [-0.1, -0.05) is 24.1 Å². The van der Waals surface area contributed by atoms with Crippen molar-refractivity contribution < 1.29 is 9.84 Å². The zero-order valence-corrected chi connectivity index (χ0v) is 14.7. The number of rotatable bonds is 5. The molecule has 0 unspecified atom stereocenters. The Kier molecular flexibility index (Phi) is 5.47. The maximum Gasteiger partial charge on any atom is 0.137 e. The number of aliphatic hydroxyl groups is 1. The fourth-order valence-corrected chi connectivity index (χ4v) is 4.09. The van der Waals surface area contributed by atoms with Gasteiger partial charge in [-0.05, 0) is 50.0 Å². The highest BCUT2D eigenvalue weighted by molar-refractivity contribution is 6.32. The number of methoxy groups -OCH3 is 1. The first kappa shape index (κ1) is 17.0. The van der Waals surface area contributed by atoms with Gasteiger partial charge in [0, 0.05) is 26.2 Å². The first-order valence-electron chi connectivity index (χ1n) is 8.57. The highest BCUT2D eigenvalue weighted by atomic mass is 35.5. The van der Waals surface area contributed by atoms with Crippen LogP contribution in [0.4, 0.5) is 0 Å². The summed E-state index contributed by atoms with van der Waals surface area (Å²) in [6.45, 7) is 5.59. The monoisotopic (exact) mass is 338 g/mol. The average molecular weight is 339 g/mol. The van der Waals surface area contributed by atoms with Crippen LogP contribution in [0.15, 0.2) is 18.2 Å². The van der Waals surface area contributed by atoms with Crippen molar-refractivity contribution in [3.63, 3.8) is 0 Å². The molecule has 5 heteroatoms. The molecular weight excluding hydrogens is 312 g/mol. The van der Waals surface area contributed by atoms with Crippen molar-refractivity contribution in [2.45, 2.75) is 37.8 Å². The molecule has 0 spiro atoms. The van der Waals surface area contributed by atoms with Gasteiger partial charge in [0.15, 0.2) is 0 Å². The number of benzene rings is 1. The molecule has 0 aromatic heterocycles. The van der Waals surface area contributed by atoms with Gasteiger partial charge in [-0.15, -0.1) is 0 Å².